The van der Waals surface area contributed by atoms with Crippen LogP contribution in [0, 0.1) is 23.2 Å². The molecule has 0 saturated carbocycles. The number of nitrogens with zero attached hydrogens (tertiary/aromatic N) is 3. The number of amides is 1. The molecule has 0 aromatic carbocycles. The summed E-state index contributed by atoms with van der Waals surface area (Å²) in [7, 11) is 0. The molecule has 130 valence electrons. The molecular formula is C18H27N5O. The Labute approximate surface area is 144 Å². The molecule has 0 spiro atoms. The van der Waals surface area contributed by atoms with Crippen molar-refractivity contribution in [3.63, 3.8) is 0 Å². The van der Waals surface area contributed by atoms with Crippen molar-refractivity contribution in [2.75, 3.05) is 38.0 Å². The largest absolute Gasteiger partial charge is 0.367 e. The van der Waals surface area contributed by atoms with Crippen LogP contribution in [0.15, 0.2) is 18.3 Å². The third-order valence-electron chi connectivity index (χ3n) is 4.23. The van der Waals surface area contributed by atoms with Gasteiger partial charge in [-0.1, -0.05) is 13.8 Å². The molecule has 1 aromatic heterocycles. The van der Waals surface area contributed by atoms with Gasteiger partial charge < -0.3 is 15.5 Å². The Hall–Kier alpha value is -2.13. The zero-order valence-electron chi connectivity index (χ0n) is 14.6. The van der Waals surface area contributed by atoms with Crippen molar-refractivity contribution in [3.05, 3.63) is 23.9 Å². The van der Waals surface area contributed by atoms with Crippen molar-refractivity contribution in [3.8, 4) is 6.07 Å². The van der Waals surface area contributed by atoms with E-state index in [0.29, 0.717) is 30.4 Å². The molecule has 2 N–H and O–H groups in total. The molecule has 6 heteroatoms. The Balaban J connectivity index is 1.66. The number of pyridine rings is 1. The lowest BCUT2D eigenvalue weighted by Crippen LogP contribution is -2.42. The number of anilines is 1. The topological polar surface area (TPSA) is 81.1 Å². The van der Waals surface area contributed by atoms with Gasteiger partial charge in [0.25, 0.3) is 0 Å². The highest BCUT2D eigenvalue weighted by molar-refractivity contribution is 5.78. The number of nitrogens with one attached hydrogen (secondary N) is 2. The van der Waals surface area contributed by atoms with Gasteiger partial charge in [-0.3, -0.25) is 4.79 Å². The molecule has 1 fully saturated rings. The molecule has 1 amide bonds. The molecule has 0 unspecified atom stereocenters. The van der Waals surface area contributed by atoms with E-state index in [0.717, 1.165) is 32.5 Å². The summed E-state index contributed by atoms with van der Waals surface area (Å²) in [4.78, 5) is 18.8. The van der Waals surface area contributed by atoms with E-state index >= 15 is 0 Å². The number of carbonyl (C=O) groups is 1. The Bertz CT molecular complexity index is 573. The smallest absolute Gasteiger partial charge is 0.223 e. The first kappa shape index (κ1) is 18.2. The summed E-state index contributed by atoms with van der Waals surface area (Å²) in [6.07, 6.45) is 3.52. The van der Waals surface area contributed by atoms with E-state index in [1.807, 2.05) is 0 Å². The van der Waals surface area contributed by atoms with Crippen LogP contribution in [-0.2, 0) is 4.79 Å². The molecule has 2 heterocycles. The number of nitriles is 1. The average molecular weight is 329 g/mol. The summed E-state index contributed by atoms with van der Waals surface area (Å²) < 4.78 is 0. The third-order valence-corrected chi connectivity index (χ3v) is 4.23. The van der Waals surface area contributed by atoms with E-state index < -0.39 is 0 Å². The highest BCUT2D eigenvalue weighted by Crippen LogP contribution is 2.18. The molecule has 0 bridgehead atoms. The van der Waals surface area contributed by atoms with Crippen LogP contribution in [0.4, 0.5) is 5.82 Å². The van der Waals surface area contributed by atoms with Gasteiger partial charge in [-0.15, -0.1) is 0 Å². The first-order chi connectivity index (χ1) is 11.6. The highest BCUT2D eigenvalue weighted by atomic mass is 16.1. The monoisotopic (exact) mass is 329 g/mol. The molecule has 1 aliphatic heterocycles. The molecule has 1 aromatic rings. The van der Waals surface area contributed by atoms with E-state index in [1.54, 1.807) is 18.3 Å². The Morgan fingerprint density at radius 3 is 2.83 bits per heavy atom. The zero-order valence-corrected chi connectivity index (χ0v) is 14.6. The number of hydrogen-bond donors (Lipinski definition) is 2. The van der Waals surface area contributed by atoms with Gasteiger partial charge >= 0.3 is 0 Å². The second-order valence-electron chi connectivity index (χ2n) is 6.70. The molecule has 1 saturated heterocycles. The van der Waals surface area contributed by atoms with Crippen molar-refractivity contribution >= 4 is 11.7 Å². The lowest BCUT2D eigenvalue weighted by Gasteiger charge is -2.32. The number of likely N-dealkylation sites (tertiary alicyclic amines) is 1. The fraction of sp³-hybridized carbons (Fsp3) is 0.611. The van der Waals surface area contributed by atoms with Crippen molar-refractivity contribution in [1.82, 2.24) is 15.2 Å². The standard InChI is InChI=1S/C18H27N5O/c1-14(2)13-23-10-5-15(6-11-23)18(24)22-9-8-21-17-16(12-19)4-3-7-20-17/h3-4,7,14-15H,5-6,8-11,13H2,1-2H3,(H,20,21)(H,22,24). The number of hydrogen-bond acceptors (Lipinski definition) is 5. The van der Waals surface area contributed by atoms with E-state index in [4.69, 9.17) is 5.26 Å². The normalized spacial score (nSPS) is 15.9. The van der Waals surface area contributed by atoms with E-state index in [2.05, 4.69) is 40.4 Å². The molecule has 1 aliphatic rings. The second-order valence-corrected chi connectivity index (χ2v) is 6.70. The third kappa shape index (κ3) is 5.50. The Kier molecular flexibility index (Phi) is 7.01. The van der Waals surface area contributed by atoms with Crippen molar-refractivity contribution < 1.29 is 4.79 Å². The predicted octanol–water partition coefficient (Wildman–Crippen LogP) is 1.85. The SMILES string of the molecule is CC(C)CN1CCC(C(=O)NCCNc2ncccc2C#N)CC1. The first-order valence-corrected chi connectivity index (χ1v) is 8.69. The summed E-state index contributed by atoms with van der Waals surface area (Å²) in [5.74, 6) is 1.50. The van der Waals surface area contributed by atoms with Crippen LogP contribution in [0.1, 0.15) is 32.3 Å². The maximum Gasteiger partial charge on any atom is 0.223 e. The van der Waals surface area contributed by atoms with Crippen LogP contribution in [0.3, 0.4) is 0 Å². The van der Waals surface area contributed by atoms with Crippen LogP contribution < -0.4 is 10.6 Å². The van der Waals surface area contributed by atoms with Gasteiger partial charge in [0.2, 0.25) is 5.91 Å². The molecule has 6 nitrogen and oxygen atoms in total. The van der Waals surface area contributed by atoms with Crippen molar-refractivity contribution in [1.29, 1.82) is 5.26 Å². The van der Waals surface area contributed by atoms with E-state index in [9.17, 15) is 4.79 Å². The minimum Gasteiger partial charge on any atom is -0.367 e. The predicted molar refractivity (Wildman–Crippen MR) is 94.5 cm³/mol. The first-order valence-electron chi connectivity index (χ1n) is 8.69. The van der Waals surface area contributed by atoms with Crippen LogP contribution in [0.25, 0.3) is 0 Å². The summed E-state index contributed by atoms with van der Waals surface area (Å²) >= 11 is 0. The average Bonchev–Trinajstić information content (AvgIpc) is 2.59. The fourth-order valence-electron chi connectivity index (χ4n) is 3.04. The molecule has 2 rings (SSSR count). The number of rotatable bonds is 7. The maximum atomic E-state index is 12.2. The summed E-state index contributed by atoms with van der Waals surface area (Å²) in [5, 5.41) is 15.1. The van der Waals surface area contributed by atoms with Crippen LogP contribution in [0.2, 0.25) is 0 Å². The number of piperidine rings is 1. The molecule has 0 radical (unpaired) electrons. The Morgan fingerprint density at radius 1 is 1.42 bits per heavy atom. The minimum atomic E-state index is 0.123. The van der Waals surface area contributed by atoms with Gasteiger partial charge in [0.1, 0.15) is 11.9 Å². The number of carbonyl (C=O) groups excluding carboxylic acids is 1. The van der Waals surface area contributed by atoms with Gasteiger partial charge in [-0.05, 0) is 44.0 Å². The highest BCUT2D eigenvalue weighted by Gasteiger charge is 2.24. The quantitative estimate of drug-likeness (QED) is 0.746. The summed E-state index contributed by atoms with van der Waals surface area (Å²) in [6.45, 7) is 8.68. The molecule has 0 atom stereocenters. The van der Waals surface area contributed by atoms with Gasteiger partial charge in [0, 0.05) is 31.7 Å². The maximum absolute atomic E-state index is 12.2. The van der Waals surface area contributed by atoms with Crippen molar-refractivity contribution in [2.24, 2.45) is 11.8 Å². The van der Waals surface area contributed by atoms with Crippen LogP contribution in [-0.4, -0.2) is 48.5 Å². The van der Waals surface area contributed by atoms with Gasteiger partial charge in [0.15, 0.2) is 0 Å². The van der Waals surface area contributed by atoms with Crippen molar-refractivity contribution in [2.45, 2.75) is 26.7 Å². The molecule has 0 aliphatic carbocycles. The van der Waals surface area contributed by atoms with Gasteiger partial charge in [-0.2, -0.15) is 5.26 Å². The van der Waals surface area contributed by atoms with Crippen LogP contribution >= 0.6 is 0 Å². The minimum absolute atomic E-state index is 0.123. The summed E-state index contributed by atoms with van der Waals surface area (Å²) in [5.41, 5.74) is 0.515. The lowest BCUT2D eigenvalue weighted by molar-refractivity contribution is -0.126. The van der Waals surface area contributed by atoms with E-state index in [1.165, 1.54) is 0 Å². The van der Waals surface area contributed by atoms with Crippen LogP contribution in [0.5, 0.6) is 0 Å². The summed E-state index contributed by atoms with van der Waals surface area (Å²) in [6, 6.07) is 5.55. The number of aromatic nitrogens is 1. The van der Waals surface area contributed by atoms with Gasteiger partial charge in [-0.25, -0.2) is 4.98 Å². The fourth-order valence-corrected chi connectivity index (χ4v) is 3.04. The molecule has 24 heavy (non-hydrogen) atoms. The lowest BCUT2D eigenvalue weighted by atomic mass is 9.95. The van der Waals surface area contributed by atoms with E-state index in [-0.39, 0.29) is 11.8 Å². The van der Waals surface area contributed by atoms with Gasteiger partial charge in [0.05, 0.1) is 5.56 Å². The second kappa shape index (κ2) is 9.24. The molecular weight excluding hydrogens is 302 g/mol. The zero-order chi connectivity index (χ0) is 17.4. The Morgan fingerprint density at radius 2 is 2.17 bits per heavy atom.